The minimum atomic E-state index is 0. The third kappa shape index (κ3) is 4.96. The molecule has 0 radical (unpaired) electrons. The predicted molar refractivity (Wildman–Crippen MR) is 105 cm³/mol. The van der Waals surface area contributed by atoms with E-state index in [1.165, 1.54) is 0 Å². The molecule has 1 aliphatic heterocycles. The number of terminal acetylenes is 1. The monoisotopic (exact) mass is 432 g/mol. The van der Waals surface area contributed by atoms with Crippen molar-refractivity contribution in [1.82, 2.24) is 10.2 Å². The zero-order chi connectivity index (χ0) is 15.1. The molecule has 1 N–H and O–H groups in total. The largest absolute Gasteiger partial charge is 0.367 e. The summed E-state index contributed by atoms with van der Waals surface area (Å²) in [7, 11) is 0. The Bertz CT molecular complexity index is 533. The molecule has 1 aromatic rings. The van der Waals surface area contributed by atoms with Crippen LogP contribution < -0.4 is 10.2 Å². The molecule has 0 atom stereocenters. The van der Waals surface area contributed by atoms with Gasteiger partial charge in [0.05, 0.1) is 10.7 Å². The molecule has 0 aromatic heterocycles. The van der Waals surface area contributed by atoms with Crippen molar-refractivity contribution in [3.63, 3.8) is 0 Å². The summed E-state index contributed by atoms with van der Waals surface area (Å²) >= 11 is 6.26. The van der Waals surface area contributed by atoms with Crippen molar-refractivity contribution >= 4 is 47.2 Å². The fourth-order valence-corrected chi connectivity index (χ4v) is 2.67. The van der Waals surface area contributed by atoms with Gasteiger partial charge in [-0.05, 0) is 19.1 Å². The first-order chi connectivity index (χ1) is 10.3. The molecule has 6 heteroatoms. The summed E-state index contributed by atoms with van der Waals surface area (Å²) in [5.74, 6) is 3.45. The first-order valence-corrected chi connectivity index (χ1v) is 7.60. The Morgan fingerprint density at radius 1 is 1.32 bits per heavy atom. The van der Waals surface area contributed by atoms with E-state index in [4.69, 9.17) is 18.0 Å². The van der Waals surface area contributed by atoms with E-state index < -0.39 is 0 Å². The fraction of sp³-hybridized carbons (Fsp3) is 0.438. The second-order valence-corrected chi connectivity index (χ2v) is 5.21. The number of para-hydroxylation sites is 1. The predicted octanol–water partition coefficient (Wildman–Crippen LogP) is 2.68. The van der Waals surface area contributed by atoms with Crippen LogP contribution in [0.1, 0.15) is 6.92 Å². The number of anilines is 1. The van der Waals surface area contributed by atoms with Gasteiger partial charge in [0.2, 0.25) is 0 Å². The van der Waals surface area contributed by atoms with E-state index in [-0.39, 0.29) is 24.0 Å². The fourth-order valence-electron chi connectivity index (χ4n) is 2.41. The zero-order valence-electron chi connectivity index (χ0n) is 12.8. The quantitative estimate of drug-likeness (QED) is 0.345. The van der Waals surface area contributed by atoms with E-state index in [9.17, 15) is 0 Å². The van der Waals surface area contributed by atoms with E-state index in [1.807, 2.05) is 18.2 Å². The molecule has 0 unspecified atom stereocenters. The highest BCUT2D eigenvalue weighted by atomic mass is 127. The van der Waals surface area contributed by atoms with Crippen LogP contribution in [0.3, 0.4) is 0 Å². The van der Waals surface area contributed by atoms with Crippen molar-refractivity contribution in [2.75, 3.05) is 44.2 Å². The number of aliphatic imine (C=N–C) groups is 1. The van der Waals surface area contributed by atoms with Crippen molar-refractivity contribution in [3.05, 3.63) is 29.3 Å². The summed E-state index contributed by atoms with van der Waals surface area (Å²) < 4.78 is 0. The maximum absolute atomic E-state index is 6.26. The van der Waals surface area contributed by atoms with Crippen molar-refractivity contribution in [2.24, 2.45) is 4.99 Å². The van der Waals surface area contributed by atoms with Crippen LogP contribution in [0.15, 0.2) is 29.3 Å². The SMILES string of the molecule is C#CCN=C(NCC)N1CCN(c2ccccc2Cl)CC1.I. The van der Waals surface area contributed by atoms with Crippen molar-refractivity contribution < 1.29 is 0 Å². The first-order valence-electron chi connectivity index (χ1n) is 7.22. The van der Waals surface area contributed by atoms with Crippen LogP contribution in [-0.4, -0.2) is 50.1 Å². The normalized spacial score (nSPS) is 15.0. The van der Waals surface area contributed by atoms with Gasteiger partial charge in [-0.25, -0.2) is 4.99 Å². The third-order valence-electron chi connectivity index (χ3n) is 3.43. The second kappa shape index (κ2) is 9.80. The average Bonchev–Trinajstić information content (AvgIpc) is 2.52. The zero-order valence-corrected chi connectivity index (χ0v) is 15.8. The summed E-state index contributed by atoms with van der Waals surface area (Å²) in [6.45, 7) is 6.96. The minimum absolute atomic E-state index is 0. The van der Waals surface area contributed by atoms with E-state index in [0.29, 0.717) is 6.54 Å². The summed E-state index contributed by atoms with van der Waals surface area (Å²) in [5.41, 5.74) is 1.10. The van der Waals surface area contributed by atoms with Gasteiger partial charge in [-0.3, -0.25) is 0 Å². The molecule has 0 aliphatic carbocycles. The molecule has 0 spiro atoms. The molecule has 1 aliphatic rings. The Labute approximate surface area is 154 Å². The number of rotatable bonds is 3. The molecule has 4 nitrogen and oxygen atoms in total. The Morgan fingerprint density at radius 2 is 2.00 bits per heavy atom. The highest BCUT2D eigenvalue weighted by Gasteiger charge is 2.20. The standard InChI is InChI=1S/C16H21ClN4.HI/c1-3-9-19-16(18-4-2)21-12-10-20(11-13-21)15-8-6-5-7-14(15)17;/h1,5-8H,4,9-13H2,2H3,(H,18,19);1H. The molecule has 1 aromatic carbocycles. The molecule has 0 bridgehead atoms. The number of piperazine rings is 1. The number of nitrogens with one attached hydrogen (secondary N) is 1. The number of halogens is 2. The Kier molecular flexibility index (Phi) is 8.43. The van der Waals surface area contributed by atoms with Crippen molar-refractivity contribution in [1.29, 1.82) is 0 Å². The third-order valence-corrected chi connectivity index (χ3v) is 3.75. The molecule has 1 fully saturated rings. The maximum atomic E-state index is 6.26. The van der Waals surface area contributed by atoms with Crippen LogP contribution in [0.25, 0.3) is 0 Å². The minimum Gasteiger partial charge on any atom is -0.367 e. The van der Waals surface area contributed by atoms with Gasteiger partial charge in [-0.2, -0.15) is 0 Å². The molecular formula is C16H22ClIN4. The summed E-state index contributed by atoms with van der Waals surface area (Å²) in [6, 6.07) is 7.97. The Balaban J connectivity index is 0.00000242. The molecular weight excluding hydrogens is 411 g/mol. The first kappa shape index (κ1) is 18.9. The van der Waals surface area contributed by atoms with Crippen molar-refractivity contribution in [3.8, 4) is 12.3 Å². The molecule has 2 rings (SSSR count). The van der Waals surface area contributed by atoms with Gasteiger partial charge in [0.25, 0.3) is 0 Å². The number of guanidine groups is 1. The van der Waals surface area contributed by atoms with E-state index >= 15 is 0 Å². The highest BCUT2D eigenvalue weighted by Crippen LogP contribution is 2.25. The summed E-state index contributed by atoms with van der Waals surface area (Å²) in [4.78, 5) is 8.98. The summed E-state index contributed by atoms with van der Waals surface area (Å²) in [6.07, 6.45) is 5.29. The van der Waals surface area contributed by atoms with E-state index in [1.54, 1.807) is 0 Å². The van der Waals surface area contributed by atoms with Crippen LogP contribution in [0, 0.1) is 12.3 Å². The smallest absolute Gasteiger partial charge is 0.195 e. The lowest BCUT2D eigenvalue weighted by Gasteiger charge is -2.38. The number of hydrogen-bond donors (Lipinski definition) is 1. The van der Waals surface area contributed by atoms with Gasteiger partial charge in [-0.15, -0.1) is 30.4 Å². The van der Waals surface area contributed by atoms with Crippen LogP contribution in [0.2, 0.25) is 5.02 Å². The van der Waals surface area contributed by atoms with Crippen LogP contribution in [-0.2, 0) is 0 Å². The van der Waals surface area contributed by atoms with Crippen LogP contribution in [0.5, 0.6) is 0 Å². The molecule has 0 saturated carbocycles. The molecule has 0 amide bonds. The molecule has 120 valence electrons. The van der Waals surface area contributed by atoms with E-state index in [2.05, 4.69) is 39.0 Å². The van der Waals surface area contributed by atoms with Gasteiger partial charge in [0.15, 0.2) is 5.96 Å². The Morgan fingerprint density at radius 3 is 2.59 bits per heavy atom. The van der Waals surface area contributed by atoms with Gasteiger partial charge in [0, 0.05) is 32.7 Å². The molecule has 1 saturated heterocycles. The van der Waals surface area contributed by atoms with Crippen LogP contribution in [0.4, 0.5) is 5.69 Å². The lowest BCUT2D eigenvalue weighted by atomic mass is 10.2. The van der Waals surface area contributed by atoms with E-state index in [0.717, 1.165) is 49.4 Å². The lowest BCUT2D eigenvalue weighted by Crippen LogP contribution is -2.52. The molecule has 1 heterocycles. The maximum Gasteiger partial charge on any atom is 0.195 e. The van der Waals surface area contributed by atoms with Crippen LogP contribution >= 0.6 is 35.6 Å². The number of hydrogen-bond acceptors (Lipinski definition) is 2. The highest BCUT2D eigenvalue weighted by molar-refractivity contribution is 14.0. The van der Waals surface area contributed by atoms with Gasteiger partial charge in [0.1, 0.15) is 6.54 Å². The topological polar surface area (TPSA) is 30.9 Å². The van der Waals surface area contributed by atoms with Gasteiger partial charge < -0.3 is 15.1 Å². The van der Waals surface area contributed by atoms with Gasteiger partial charge in [-0.1, -0.05) is 29.7 Å². The average molecular weight is 433 g/mol. The number of nitrogens with zero attached hydrogens (tertiary/aromatic N) is 3. The molecule has 22 heavy (non-hydrogen) atoms. The van der Waals surface area contributed by atoms with Gasteiger partial charge >= 0.3 is 0 Å². The Hall–Kier alpha value is -1.13. The summed E-state index contributed by atoms with van der Waals surface area (Å²) in [5, 5.41) is 4.09. The van der Waals surface area contributed by atoms with Crippen molar-refractivity contribution in [2.45, 2.75) is 6.92 Å². The lowest BCUT2D eigenvalue weighted by molar-refractivity contribution is 0.373. The second-order valence-electron chi connectivity index (χ2n) is 4.80. The number of benzene rings is 1.